The Balaban J connectivity index is 2.07. The molecule has 2 aromatic rings. The van der Waals surface area contributed by atoms with Crippen LogP contribution >= 0.6 is 0 Å². The van der Waals surface area contributed by atoms with Crippen molar-refractivity contribution in [3.05, 3.63) is 16.2 Å². The lowest BCUT2D eigenvalue weighted by Crippen LogP contribution is -2.38. The number of fused-ring (bicyclic) bond motifs is 1. The Labute approximate surface area is 173 Å². The molecule has 11 nitrogen and oxygen atoms in total. The number of aromatic nitrogens is 4. The minimum Gasteiger partial charge on any atom is -0.466 e. The summed E-state index contributed by atoms with van der Waals surface area (Å²) in [4.78, 5) is 49.3. The molecule has 6 N–H and O–H groups in total. The minimum atomic E-state index is -0.718. The summed E-state index contributed by atoms with van der Waals surface area (Å²) < 4.78 is 10.6. The van der Waals surface area contributed by atoms with Gasteiger partial charge in [0, 0.05) is 18.8 Å². The highest BCUT2D eigenvalue weighted by Crippen LogP contribution is 2.15. The maximum absolute atomic E-state index is 12.1. The Morgan fingerprint density at radius 3 is 2.57 bits per heavy atom. The van der Waals surface area contributed by atoms with E-state index in [4.69, 9.17) is 20.9 Å². The lowest BCUT2D eigenvalue weighted by atomic mass is 10.0. The van der Waals surface area contributed by atoms with Crippen LogP contribution in [0.2, 0.25) is 0 Å². The predicted molar refractivity (Wildman–Crippen MR) is 110 cm³/mol. The normalized spacial score (nSPS) is 13.4. The van der Waals surface area contributed by atoms with Crippen LogP contribution in [0.15, 0.2) is 4.79 Å². The largest absolute Gasteiger partial charge is 0.466 e. The highest BCUT2D eigenvalue weighted by molar-refractivity contribution is 5.75. The monoisotopic (exact) mass is 422 g/mol. The molecule has 30 heavy (non-hydrogen) atoms. The van der Waals surface area contributed by atoms with E-state index in [1.165, 1.54) is 0 Å². The number of nitrogen functional groups attached to an aromatic ring is 1. The van der Waals surface area contributed by atoms with Crippen LogP contribution < -0.4 is 17.0 Å². The van der Waals surface area contributed by atoms with Crippen LogP contribution in [-0.2, 0) is 25.5 Å². The Hall–Kier alpha value is -2.95. The lowest BCUT2D eigenvalue weighted by molar-refractivity contribution is -0.149. The van der Waals surface area contributed by atoms with E-state index in [0.717, 1.165) is 0 Å². The molecular formula is C19H30N6O5. The number of imidazole rings is 1. The molecule has 0 aliphatic carbocycles. The molecule has 2 aromatic heterocycles. The summed E-state index contributed by atoms with van der Waals surface area (Å²) in [7, 11) is 0. The summed E-state index contributed by atoms with van der Waals surface area (Å²) in [6.07, 6.45) is 1.85. The highest BCUT2D eigenvalue weighted by atomic mass is 16.5. The number of ether oxygens (including phenoxy) is 2. The van der Waals surface area contributed by atoms with Gasteiger partial charge in [-0.1, -0.05) is 20.8 Å². The SMILES string of the molecule is CCCC(=O)OCCC(COC(=O)[C@@H](N)C(C)C)Cc1nc2nc(N)[nH]c(=O)c2[nH]1. The smallest absolute Gasteiger partial charge is 0.323 e. The van der Waals surface area contributed by atoms with Crippen molar-refractivity contribution in [3.63, 3.8) is 0 Å². The van der Waals surface area contributed by atoms with Crippen LogP contribution in [0.3, 0.4) is 0 Å². The van der Waals surface area contributed by atoms with Gasteiger partial charge < -0.3 is 25.9 Å². The predicted octanol–water partition coefficient (Wildman–Crippen LogP) is 0.647. The van der Waals surface area contributed by atoms with Crippen molar-refractivity contribution in [1.82, 2.24) is 19.9 Å². The molecule has 0 amide bonds. The molecule has 166 valence electrons. The van der Waals surface area contributed by atoms with Gasteiger partial charge in [0.15, 0.2) is 11.2 Å². The van der Waals surface area contributed by atoms with Crippen LogP contribution in [-0.4, -0.2) is 51.1 Å². The second kappa shape index (κ2) is 10.7. The number of nitrogens with two attached hydrogens (primary N) is 2. The van der Waals surface area contributed by atoms with Crippen molar-refractivity contribution in [3.8, 4) is 0 Å². The van der Waals surface area contributed by atoms with Crippen LogP contribution in [0.5, 0.6) is 0 Å². The molecule has 0 radical (unpaired) electrons. The third-order valence-electron chi connectivity index (χ3n) is 4.61. The van der Waals surface area contributed by atoms with Crippen molar-refractivity contribution >= 4 is 29.1 Å². The van der Waals surface area contributed by atoms with Gasteiger partial charge in [-0.05, 0) is 18.8 Å². The van der Waals surface area contributed by atoms with Crippen LogP contribution in [0.25, 0.3) is 11.2 Å². The van der Waals surface area contributed by atoms with E-state index in [0.29, 0.717) is 31.5 Å². The van der Waals surface area contributed by atoms with Gasteiger partial charge in [-0.2, -0.15) is 4.98 Å². The van der Waals surface area contributed by atoms with E-state index in [1.54, 1.807) is 0 Å². The third-order valence-corrected chi connectivity index (χ3v) is 4.61. The van der Waals surface area contributed by atoms with Gasteiger partial charge in [-0.15, -0.1) is 0 Å². The maximum Gasteiger partial charge on any atom is 0.323 e. The van der Waals surface area contributed by atoms with E-state index >= 15 is 0 Å². The number of rotatable bonds is 11. The number of anilines is 1. The molecular weight excluding hydrogens is 392 g/mol. The molecule has 0 fully saturated rings. The quantitative estimate of drug-likeness (QED) is 0.378. The summed E-state index contributed by atoms with van der Waals surface area (Å²) >= 11 is 0. The first-order valence-corrected chi connectivity index (χ1v) is 10.0. The highest BCUT2D eigenvalue weighted by Gasteiger charge is 2.22. The second-order valence-electron chi connectivity index (χ2n) is 7.56. The number of carbonyl (C=O) groups is 2. The van der Waals surface area contributed by atoms with Gasteiger partial charge in [-0.25, -0.2) is 4.98 Å². The molecule has 2 heterocycles. The summed E-state index contributed by atoms with van der Waals surface area (Å²) in [5.41, 5.74) is 11.4. The average molecular weight is 422 g/mol. The first kappa shape index (κ1) is 23.3. The van der Waals surface area contributed by atoms with Gasteiger partial charge in [-0.3, -0.25) is 19.4 Å². The standard InChI is InChI=1S/C19H30N6O5/c1-4-5-13(26)29-7-6-11(9-30-18(28)14(20)10(2)3)8-12-22-15-16(23-12)24-19(21)25-17(15)27/h10-11,14H,4-9,20H2,1-3H3,(H4,21,22,23,24,25,27)/t11?,14-/m0/s1. The second-order valence-corrected chi connectivity index (χ2v) is 7.56. The first-order chi connectivity index (χ1) is 14.2. The van der Waals surface area contributed by atoms with Crippen molar-refractivity contribution in [1.29, 1.82) is 0 Å². The molecule has 2 atom stereocenters. The fourth-order valence-electron chi connectivity index (χ4n) is 2.77. The van der Waals surface area contributed by atoms with Crippen LogP contribution in [0.1, 0.15) is 45.9 Å². The summed E-state index contributed by atoms with van der Waals surface area (Å²) in [6.45, 7) is 5.82. The van der Waals surface area contributed by atoms with E-state index in [1.807, 2.05) is 20.8 Å². The topological polar surface area (TPSA) is 179 Å². The van der Waals surface area contributed by atoms with Gasteiger partial charge >= 0.3 is 11.9 Å². The van der Waals surface area contributed by atoms with E-state index < -0.39 is 17.6 Å². The maximum atomic E-state index is 12.1. The number of hydrogen-bond acceptors (Lipinski definition) is 9. The van der Waals surface area contributed by atoms with Crippen LogP contribution in [0, 0.1) is 11.8 Å². The Morgan fingerprint density at radius 1 is 1.17 bits per heavy atom. The Kier molecular flexibility index (Phi) is 8.34. The number of carbonyl (C=O) groups excluding carboxylic acids is 2. The van der Waals surface area contributed by atoms with Gasteiger partial charge in [0.1, 0.15) is 11.9 Å². The molecule has 0 saturated heterocycles. The molecule has 0 aliphatic heterocycles. The fraction of sp³-hybridized carbons (Fsp3) is 0.632. The van der Waals surface area contributed by atoms with Gasteiger partial charge in [0.2, 0.25) is 5.95 Å². The van der Waals surface area contributed by atoms with Crippen molar-refractivity contribution in [2.75, 3.05) is 18.9 Å². The number of nitrogens with one attached hydrogen (secondary N) is 2. The minimum absolute atomic E-state index is 0.0264. The number of esters is 2. The molecule has 2 rings (SSSR count). The molecule has 0 spiro atoms. The number of nitrogens with zero attached hydrogens (tertiary/aromatic N) is 2. The van der Waals surface area contributed by atoms with Crippen molar-refractivity contribution in [2.24, 2.45) is 17.6 Å². The number of aromatic amines is 2. The van der Waals surface area contributed by atoms with E-state index in [2.05, 4.69) is 19.9 Å². The summed E-state index contributed by atoms with van der Waals surface area (Å²) in [5, 5.41) is 0. The third kappa shape index (κ3) is 6.55. The molecule has 0 aliphatic rings. The molecule has 1 unspecified atom stereocenters. The molecule has 11 heteroatoms. The van der Waals surface area contributed by atoms with E-state index in [9.17, 15) is 14.4 Å². The summed E-state index contributed by atoms with van der Waals surface area (Å²) in [5.74, 6) is -0.563. The first-order valence-electron chi connectivity index (χ1n) is 10.0. The average Bonchev–Trinajstić information content (AvgIpc) is 3.07. The molecule has 0 saturated carbocycles. The molecule has 0 aromatic carbocycles. The zero-order valence-electron chi connectivity index (χ0n) is 17.6. The Bertz CT molecular complexity index is 922. The number of hydrogen-bond donors (Lipinski definition) is 4. The zero-order valence-corrected chi connectivity index (χ0v) is 17.6. The zero-order chi connectivity index (χ0) is 22.3. The van der Waals surface area contributed by atoms with Gasteiger partial charge in [0.05, 0.1) is 13.2 Å². The number of H-pyrrole nitrogens is 2. The Morgan fingerprint density at radius 2 is 1.90 bits per heavy atom. The fourth-order valence-corrected chi connectivity index (χ4v) is 2.77. The van der Waals surface area contributed by atoms with Crippen LogP contribution in [0.4, 0.5) is 5.95 Å². The van der Waals surface area contributed by atoms with Gasteiger partial charge in [0.25, 0.3) is 5.56 Å². The van der Waals surface area contributed by atoms with Crippen molar-refractivity contribution in [2.45, 2.75) is 52.5 Å². The summed E-state index contributed by atoms with van der Waals surface area (Å²) in [6, 6.07) is -0.718. The lowest BCUT2D eigenvalue weighted by Gasteiger charge is -2.19. The van der Waals surface area contributed by atoms with E-state index in [-0.39, 0.29) is 48.1 Å². The van der Waals surface area contributed by atoms with Crippen molar-refractivity contribution < 1.29 is 19.1 Å². The molecule has 0 bridgehead atoms.